The van der Waals surface area contributed by atoms with Gasteiger partial charge in [-0.15, -0.1) is 11.3 Å². The van der Waals surface area contributed by atoms with Crippen molar-refractivity contribution in [2.45, 2.75) is 12.8 Å². The third-order valence-corrected chi connectivity index (χ3v) is 5.38. The van der Waals surface area contributed by atoms with Gasteiger partial charge in [-0.1, -0.05) is 11.6 Å². The van der Waals surface area contributed by atoms with Crippen molar-refractivity contribution in [2.24, 2.45) is 0 Å². The van der Waals surface area contributed by atoms with E-state index in [0.29, 0.717) is 21.7 Å². The van der Waals surface area contributed by atoms with Crippen LogP contribution in [0, 0.1) is 0 Å². The number of nitrogens with zero attached hydrogens (tertiary/aromatic N) is 4. The second kappa shape index (κ2) is 7.47. The lowest BCUT2D eigenvalue weighted by molar-refractivity contribution is 0.415. The summed E-state index contributed by atoms with van der Waals surface area (Å²) in [6.07, 6.45) is 6.01. The van der Waals surface area contributed by atoms with E-state index in [1.54, 1.807) is 13.3 Å². The van der Waals surface area contributed by atoms with Crippen molar-refractivity contribution in [1.82, 2.24) is 15.0 Å². The molecule has 0 bridgehead atoms. The molecule has 0 aliphatic carbocycles. The molecule has 0 amide bonds. The van der Waals surface area contributed by atoms with Crippen LogP contribution in [0.25, 0.3) is 10.7 Å². The molecular weight excluding hydrogens is 370 g/mol. The summed E-state index contributed by atoms with van der Waals surface area (Å²) in [6.45, 7) is 2.20. The van der Waals surface area contributed by atoms with Gasteiger partial charge in [0.15, 0.2) is 11.6 Å². The average Bonchev–Trinajstić information content (AvgIpc) is 3.34. The number of thiazole rings is 1. The van der Waals surface area contributed by atoms with Gasteiger partial charge in [0, 0.05) is 13.1 Å². The van der Waals surface area contributed by atoms with Crippen molar-refractivity contribution < 1.29 is 4.74 Å². The van der Waals surface area contributed by atoms with E-state index in [1.807, 2.05) is 24.4 Å². The highest BCUT2D eigenvalue weighted by molar-refractivity contribution is 7.18. The molecule has 4 heterocycles. The molecule has 1 fully saturated rings. The SMILES string of the molecule is COc1ccc(-c2ncc(Cl)s2)nc1Nc1ccc(N2CCCC2)cn1. The molecule has 1 aliphatic heterocycles. The predicted octanol–water partition coefficient (Wildman–Crippen LogP) is 4.61. The van der Waals surface area contributed by atoms with Crippen molar-refractivity contribution >= 4 is 40.3 Å². The summed E-state index contributed by atoms with van der Waals surface area (Å²) < 4.78 is 6.05. The first-order valence-electron chi connectivity index (χ1n) is 8.38. The van der Waals surface area contributed by atoms with E-state index in [2.05, 4.69) is 31.2 Å². The van der Waals surface area contributed by atoms with E-state index >= 15 is 0 Å². The van der Waals surface area contributed by atoms with Crippen molar-refractivity contribution in [3.8, 4) is 16.5 Å². The van der Waals surface area contributed by atoms with Gasteiger partial charge in [-0.3, -0.25) is 0 Å². The molecule has 6 nitrogen and oxygen atoms in total. The van der Waals surface area contributed by atoms with E-state index in [4.69, 9.17) is 16.3 Å². The summed E-state index contributed by atoms with van der Waals surface area (Å²) in [5.74, 6) is 1.95. The molecule has 3 aromatic rings. The topological polar surface area (TPSA) is 63.2 Å². The van der Waals surface area contributed by atoms with Gasteiger partial charge < -0.3 is 15.0 Å². The Morgan fingerprint density at radius 3 is 2.62 bits per heavy atom. The fraction of sp³-hybridized carbons (Fsp3) is 0.278. The molecule has 1 N–H and O–H groups in total. The Balaban J connectivity index is 1.58. The summed E-state index contributed by atoms with van der Waals surface area (Å²) in [5, 5.41) is 4.00. The Morgan fingerprint density at radius 1 is 1.12 bits per heavy atom. The Labute approximate surface area is 160 Å². The number of nitrogens with one attached hydrogen (secondary N) is 1. The zero-order valence-corrected chi connectivity index (χ0v) is 15.8. The fourth-order valence-electron chi connectivity index (χ4n) is 2.94. The van der Waals surface area contributed by atoms with Crippen LogP contribution in [0.15, 0.2) is 36.7 Å². The molecule has 0 saturated carbocycles. The fourth-order valence-corrected chi connectivity index (χ4v) is 3.82. The summed E-state index contributed by atoms with van der Waals surface area (Å²) in [5.41, 5.74) is 1.89. The highest BCUT2D eigenvalue weighted by Gasteiger charge is 2.14. The van der Waals surface area contributed by atoms with Gasteiger partial charge in [-0.2, -0.15) is 0 Å². The lowest BCUT2D eigenvalue weighted by atomic mass is 10.3. The first-order valence-corrected chi connectivity index (χ1v) is 9.57. The minimum atomic E-state index is 0.595. The lowest BCUT2D eigenvalue weighted by Gasteiger charge is -2.17. The number of anilines is 3. The zero-order valence-electron chi connectivity index (χ0n) is 14.3. The number of pyridine rings is 2. The van der Waals surface area contributed by atoms with Crippen molar-refractivity contribution in [2.75, 3.05) is 30.4 Å². The number of hydrogen-bond donors (Lipinski definition) is 1. The first-order chi connectivity index (χ1) is 12.7. The monoisotopic (exact) mass is 387 g/mol. The molecule has 0 spiro atoms. The molecule has 0 radical (unpaired) electrons. The van der Waals surface area contributed by atoms with Gasteiger partial charge in [0.2, 0.25) is 0 Å². The van der Waals surface area contributed by atoms with Crippen molar-refractivity contribution in [3.63, 3.8) is 0 Å². The summed E-state index contributed by atoms with van der Waals surface area (Å²) in [4.78, 5) is 15.8. The van der Waals surface area contributed by atoms with Crippen LogP contribution in [0.3, 0.4) is 0 Å². The molecular formula is C18H18ClN5OS. The van der Waals surface area contributed by atoms with Gasteiger partial charge in [-0.05, 0) is 37.1 Å². The normalized spacial score (nSPS) is 13.8. The number of hydrogen-bond acceptors (Lipinski definition) is 7. The average molecular weight is 388 g/mol. The predicted molar refractivity (Wildman–Crippen MR) is 106 cm³/mol. The standard InChI is InChI=1S/C18H18ClN5OS/c1-25-14-6-5-13(18-21-11-15(19)26-18)22-17(14)23-16-7-4-12(10-20-16)24-8-2-3-9-24/h4-7,10-11H,2-3,8-9H2,1H3,(H,20,22,23). The molecule has 1 saturated heterocycles. The number of aromatic nitrogens is 3. The van der Waals surface area contributed by atoms with E-state index in [0.717, 1.165) is 29.5 Å². The molecule has 134 valence electrons. The lowest BCUT2D eigenvalue weighted by Crippen LogP contribution is -2.17. The maximum Gasteiger partial charge on any atom is 0.175 e. The van der Waals surface area contributed by atoms with Crippen LogP contribution in [0.5, 0.6) is 5.75 Å². The smallest absolute Gasteiger partial charge is 0.175 e. The van der Waals surface area contributed by atoms with Crippen LogP contribution in [-0.2, 0) is 0 Å². The zero-order chi connectivity index (χ0) is 17.9. The maximum atomic E-state index is 5.98. The van der Waals surface area contributed by atoms with Gasteiger partial charge >= 0.3 is 0 Å². The first kappa shape index (κ1) is 17.1. The van der Waals surface area contributed by atoms with Gasteiger partial charge in [0.05, 0.1) is 25.2 Å². The highest BCUT2D eigenvalue weighted by Crippen LogP contribution is 2.32. The van der Waals surface area contributed by atoms with Crippen LogP contribution < -0.4 is 15.0 Å². The van der Waals surface area contributed by atoms with Crippen molar-refractivity contribution in [3.05, 3.63) is 41.0 Å². The van der Waals surface area contributed by atoms with E-state index in [-0.39, 0.29) is 0 Å². The number of methoxy groups -OCH3 is 1. The quantitative estimate of drug-likeness (QED) is 0.689. The van der Waals surface area contributed by atoms with E-state index in [9.17, 15) is 0 Å². The van der Waals surface area contributed by atoms with Crippen LogP contribution in [-0.4, -0.2) is 35.2 Å². The van der Waals surface area contributed by atoms with Crippen LogP contribution in [0.1, 0.15) is 12.8 Å². The third-order valence-electron chi connectivity index (χ3n) is 4.24. The highest BCUT2D eigenvalue weighted by atomic mass is 35.5. The molecule has 26 heavy (non-hydrogen) atoms. The Kier molecular flexibility index (Phi) is 4.90. The van der Waals surface area contributed by atoms with Crippen LogP contribution in [0.2, 0.25) is 4.34 Å². The third kappa shape index (κ3) is 3.59. The minimum Gasteiger partial charge on any atom is -0.493 e. The Hall–Kier alpha value is -2.38. The molecule has 0 atom stereocenters. The van der Waals surface area contributed by atoms with Gasteiger partial charge in [0.25, 0.3) is 0 Å². The molecule has 8 heteroatoms. The minimum absolute atomic E-state index is 0.595. The summed E-state index contributed by atoms with van der Waals surface area (Å²) >= 11 is 7.37. The Morgan fingerprint density at radius 2 is 1.96 bits per heavy atom. The van der Waals surface area contributed by atoms with Crippen LogP contribution >= 0.6 is 22.9 Å². The van der Waals surface area contributed by atoms with Gasteiger partial charge in [0.1, 0.15) is 20.9 Å². The second-order valence-corrected chi connectivity index (χ2v) is 7.60. The van der Waals surface area contributed by atoms with Crippen LogP contribution in [0.4, 0.5) is 17.3 Å². The number of halogens is 1. The molecule has 3 aromatic heterocycles. The van der Waals surface area contributed by atoms with Gasteiger partial charge in [-0.25, -0.2) is 15.0 Å². The molecule has 4 rings (SSSR count). The second-order valence-electron chi connectivity index (χ2n) is 5.94. The van der Waals surface area contributed by atoms with Crippen molar-refractivity contribution in [1.29, 1.82) is 0 Å². The summed E-state index contributed by atoms with van der Waals surface area (Å²) in [6, 6.07) is 7.76. The maximum absolute atomic E-state index is 5.98. The molecule has 0 aromatic carbocycles. The molecule has 1 aliphatic rings. The molecule has 0 unspecified atom stereocenters. The number of ether oxygens (including phenoxy) is 1. The number of rotatable bonds is 5. The summed E-state index contributed by atoms with van der Waals surface area (Å²) in [7, 11) is 1.62. The van der Waals surface area contributed by atoms with E-state index in [1.165, 1.54) is 24.2 Å². The largest absolute Gasteiger partial charge is 0.493 e. The Bertz CT molecular complexity index is 893. The van der Waals surface area contributed by atoms with E-state index < -0.39 is 0 Å².